The van der Waals surface area contributed by atoms with Gasteiger partial charge in [0.15, 0.2) is 0 Å². The third-order valence-electron chi connectivity index (χ3n) is 2.82. The van der Waals surface area contributed by atoms with E-state index < -0.39 is 0 Å². The van der Waals surface area contributed by atoms with E-state index in [9.17, 15) is 0 Å². The second-order valence-electron chi connectivity index (χ2n) is 3.73. The summed E-state index contributed by atoms with van der Waals surface area (Å²) in [7, 11) is 0. The molecule has 1 heterocycles. The summed E-state index contributed by atoms with van der Waals surface area (Å²) in [5, 5.41) is 1.17. The predicted octanol–water partition coefficient (Wildman–Crippen LogP) is 2.98. The number of rotatable bonds is 1. The molecule has 1 aliphatic rings. The maximum Gasteiger partial charge on any atom is 0.129 e. The SMILES string of the molecule is NC1CCCC1c1cc(Cl)ncc1Cl. The van der Waals surface area contributed by atoms with E-state index in [1.54, 1.807) is 6.20 Å². The smallest absolute Gasteiger partial charge is 0.129 e. The van der Waals surface area contributed by atoms with Crippen LogP contribution < -0.4 is 5.73 Å². The molecule has 0 bridgehead atoms. The van der Waals surface area contributed by atoms with Crippen LogP contribution in [0.5, 0.6) is 0 Å². The van der Waals surface area contributed by atoms with Crippen LogP contribution in [0.2, 0.25) is 10.2 Å². The van der Waals surface area contributed by atoms with Gasteiger partial charge < -0.3 is 5.73 Å². The first-order valence-corrected chi connectivity index (χ1v) is 5.50. The average molecular weight is 231 g/mol. The molecule has 2 unspecified atom stereocenters. The number of halogens is 2. The van der Waals surface area contributed by atoms with Crippen molar-refractivity contribution in [2.45, 2.75) is 31.2 Å². The van der Waals surface area contributed by atoms with Gasteiger partial charge in [0, 0.05) is 18.2 Å². The van der Waals surface area contributed by atoms with Gasteiger partial charge >= 0.3 is 0 Å². The fourth-order valence-electron chi connectivity index (χ4n) is 2.09. The molecule has 2 nitrogen and oxygen atoms in total. The number of nitrogens with zero attached hydrogens (tertiary/aromatic N) is 1. The predicted molar refractivity (Wildman–Crippen MR) is 58.8 cm³/mol. The monoisotopic (exact) mass is 230 g/mol. The fourth-order valence-corrected chi connectivity index (χ4v) is 2.50. The Morgan fingerprint density at radius 2 is 2.14 bits per heavy atom. The van der Waals surface area contributed by atoms with Crippen molar-refractivity contribution in [1.29, 1.82) is 0 Å². The van der Waals surface area contributed by atoms with Crippen LogP contribution in [-0.4, -0.2) is 11.0 Å². The highest BCUT2D eigenvalue weighted by Gasteiger charge is 2.27. The van der Waals surface area contributed by atoms with Crippen LogP contribution in [0.4, 0.5) is 0 Å². The van der Waals surface area contributed by atoms with Crippen LogP contribution in [0.3, 0.4) is 0 Å². The zero-order valence-corrected chi connectivity index (χ0v) is 9.22. The summed E-state index contributed by atoms with van der Waals surface area (Å²) in [5.74, 6) is 0.350. The highest BCUT2D eigenvalue weighted by Crippen LogP contribution is 2.37. The third-order valence-corrected chi connectivity index (χ3v) is 3.34. The van der Waals surface area contributed by atoms with Gasteiger partial charge in [-0.25, -0.2) is 4.98 Å². The standard InChI is InChI=1S/C10H12Cl2N2/c11-8-5-14-10(12)4-7(8)6-2-1-3-9(6)13/h4-6,9H,1-3,13H2. The molecule has 14 heavy (non-hydrogen) atoms. The molecule has 1 aromatic rings. The minimum Gasteiger partial charge on any atom is -0.327 e. The van der Waals surface area contributed by atoms with Crippen LogP contribution in [0.25, 0.3) is 0 Å². The van der Waals surface area contributed by atoms with Crippen molar-refractivity contribution in [3.05, 3.63) is 28.0 Å². The number of hydrogen-bond acceptors (Lipinski definition) is 2. The van der Waals surface area contributed by atoms with Crippen LogP contribution in [0, 0.1) is 0 Å². The largest absolute Gasteiger partial charge is 0.327 e. The van der Waals surface area contributed by atoms with E-state index in [-0.39, 0.29) is 6.04 Å². The fraction of sp³-hybridized carbons (Fsp3) is 0.500. The lowest BCUT2D eigenvalue weighted by molar-refractivity contribution is 0.612. The van der Waals surface area contributed by atoms with Gasteiger partial charge in [0.25, 0.3) is 0 Å². The Labute approximate surface area is 93.4 Å². The van der Waals surface area contributed by atoms with Crippen molar-refractivity contribution >= 4 is 23.2 Å². The molecular weight excluding hydrogens is 219 g/mol. The molecule has 1 aliphatic carbocycles. The van der Waals surface area contributed by atoms with Gasteiger partial charge in [0.1, 0.15) is 5.15 Å². The molecule has 2 rings (SSSR count). The molecular formula is C10H12Cl2N2. The maximum atomic E-state index is 6.06. The zero-order valence-electron chi connectivity index (χ0n) is 7.71. The van der Waals surface area contributed by atoms with E-state index in [0.717, 1.165) is 18.4 Å². The highest BCUT2D eigenvalue weighted by atomic mass is 35.5. The lowest BCUT2D eigenvalue weighted by Crippen LogP contribution is -2.23. The van der Waals surface area contributed by atoms with Gasteiger partial charge in [-0.3, -0.25) is 0 Å². The number of hydrogen-bond donors (Lipinski definition) is 1. The van der Waals surface area contributed by atoms with E-state index in [4.69, 9.17) is 28.9 Å². The first-order chi connectivity index (χ1) is 6.68. The summed E-state index contributed by atoms with van der Waals surface area (Å²) in [6, 6.07) is 2.05. The van der Waals surface area contributed by atoms with Crippen molar-refractivity contribution in [2.75, 3.05) is 0 Å². The first kappa shape index (κ1) is 10.2. The summed E-state index contributed by atoms with van der Waals surface area (Å²) >= 11 is 11.9. The van der Waals surface area contributed by atoms with Gasteiger partial charge in [-0.1, -0.05) is 29.6 Å². The lowest BCUT2D eigenvalue weighted by Gasteiger charge is -2.16. The third kappa shape index (κ3) is 1.88. The topological polar surface area (TPSA) is 38.9 Å². The Morgan fingerprint density at radius 3 is 2.79 bits per heavy atom. The molecule has 76 valence electrons. The van der Waals surface area contributed by atoms with Gasteiger partial charge in [-0.05, 0) is 24.5 Å². The first-order valence-electron chi connectivity index (χ1n) is 4.75. The minimum absolute atomic E-state index is 0.214. The van der Waals surface area contributed by atoms with Crippen LogP contribution in [0.15, 0.2) is 12.3 Å². The Morgan fingerprint density at radius 1 is 1.36 bits per heavy atom. The van der Waals surface area contributed by atoms with Crippen molar-refractivity contribution in [1.82, 2.24) is 4.98 Å². The van der Waals surface area contributed by atoms with E-state index >= 15 is 0 Å². The van der Waals surface area contributed by atoms with Gasteiger partial charge in [-0.2, -0.15) is 0 Å². The summed E-state index contributed by atoms with van der Waals surface area (Å²) in [6.45, 7) is 0. The number of pyridine rings is 1. The lowest BCUT2D eigenvalue weighted by atomic mass is 9.95. The summed E-state index contributed by atoms with van der Waals surface area (Å²) in [5.41, 5.74) is 7.06. The normalized spacial score (nSPS) is 26.8. The Hall–Kier alpha value is -0.310. The van der Waals surface area contributed by atoms with Crippen molar-refractivity contribution in [3.63, 3.8) is 0 Å². The molecule has 4 heteroatoms. The van der Waals surface area contributed by atoms with Crippen molar-refractivity contribution in [3.8, 4) is 0 Å². The molecule has 1 saturated carbocycles. The second kappa shape index (κ2) is 4.05. The molecule has 2 N–H and O–H groups in total. The molecule has 2 atom stereocenters. The van der Waals surface area contributed by atoms with Crippen LogP contribution >= 0.6 is 23.2 Å². The maximum absolute atomic E-state index is 6.06. The van der Waals surface area contributed by atoms with Crippen molar-refractivity contribution in [2.24, 2.45) is 5.73 Å². The van der Waals surface area contributed by atoms with Crippen LogP contribution in [0.1, 0.15) is 30.7 Å². The van der Waals surface area contributed by atoms with E-state index in [1.165, 1.54) is 6.42 Å². The minimum atomic E-state index is 0.214. The van der Waals surface area contributed by atoms with Crippen LogP contribution in [-0.2, 0) is 0 Å². The molecule has 1 aromatic heterocycles. The number of aromatic nitrogens is 1. The molecule has 0 aromatic carbocycles. The summed E-state index contributed by atoms with van der Waals surface area (Å²) in [4.78, 5) is 3.93. The molecule has 0 amide bonds. The Bertz CT molecular complexity index is 341. The summed E-state index contributed by atoms with van der Waals surface area (Å²) in [6.07, 6.45) is 4.94. The van der Waals surface area contributed by atoms with E-state index in [1.807, 2.05) is 6.07 Å². The zero-order chi connectivity index (χ0) is 10.1. The number of nitrogens with two attached hydrogens (primary N) is 1. The Balaban J connectivity index is 2.34. The molecule has 0 spiro atoms. The highest BCUT2D eigenvalue weighted by molar-refractivity contribution is 6.32. The Kier molecular flexibility index (Phi) is 2.96. The van der Waals surface area contributed by atoms with Gasteiger partial charge in [-0.15, -0.1) is 0 Å². The average Bonchev–Trinajstić information content (AvgIpc) is 2.56. The van der Waals surface area contributed by atoms with Crippen molar-refractivity contribution < 1.29 is 0 Å². The van der Waals surface area contributed by atoms with Gasteiger partial charge in [0.2, 0.25) is 0 Å². The molecule has 0 radical (unpaired) electrons. The molecule has 0 saturated heterocycles. The van der Waals surface area contributed by atoms with Gasteiger partial charge in [0.05, 0.1) is 5.02 Å². The van der Waals surface area contributed by atoms with E-state index in [2.05, 4.69) is 4.98 Å². The van der Waals surface area contributed by atoms with E-state index in [0.29, 0.717) is 16.1 Å². The quantitative estimate of drug-likeness (QED) is 0.754. The second-order valence-corrected chi connectivity index (χ2v) is 4.52. The molecule has 0 aliphatic heterocycles. The summed E-state index contributed by atoms with van der Waals surface area (Å²) < 4.78 is 0. The molecule has 1 fully saturated rings.